The Labute approximate surface area is 174 Å². The van der Waals surface area contributed by atoms with Gasteiger partial charge in [-0.25, -0.2) is 8.42 Å². The van der Waals surface area contributed by atoms with Crippen LogP contribution in [0.15, 0.2) is 53.4 Å². The van der Waals surface area contributed by atoms with Crippen LogP contribution >= 0.6 is 0 Å². The molecule has 0 radical (unpaired) electrons. The van der Waals surface area contributed by atoms with Gasteiger partial charge in [0.15, 0.2) is 14.6 Å². The van der Waals surface area contributed by atoms with Crippen molar-refractivity contribution in [2.24, 2.45) is 0 Å². The molecule has 0 bridgehead atoms. The van der Waals surface area contributed by atoms with Gasteiger partial charge in [0.1, 0.15) is 0 Å². The van der Waals surface area contributed by atoms with Crippen LogP contribution in [-0.2, 0) is 21.1 Å². The van der Waals surface area contributed by atoms with E-state index in [-0.39, 0.29) is 11.9 Å². The van der Waals surface area contributed by atoms with Gasteiger partial charge in [0.05, 0.1) is 4.90 Å². The fourth-order valence-corrected chi connectivity index (χ4v) is 6.61. The van der Waals surface area contributed by atoms with Gasteiger partial charge in [-0.2, -0.15) is 0 Å². The van der Waals surface area contributed by atoms with Crippen molar-refractivity contribution in [1.82, 2.24) is 5.32 Å². The molecule has 5 heteroatoms. The summed E-state index contributed by atoms with van der Waals surface area (Å²) in [5.74, 6) is -0.337. The van der Waals surface area contributed by atoms with Crippen molar-refractivity contribution in [3.05, 3.63) is 65.2 Å². The number of carbonyl (C=O) groups is 1. The van der Waals surface area contributed by atoms with Gasteiger partial charge >= 0.3 is 0 Å². The number of nitrogens with one attached hydrogen (secondary N) is 1. The van der Waals surface area contributed by atoms with E-state index in [4.69, 9.17) is 0 Å². The molecule has 1 fully saturated rings. The molecule has 0 aliphatic heterocycles. The van der Waals surface area contributed by atoms with Crippen molar-refractivity contribution in [2.75, 3.05) is 0 Å². The average Bonchev–Trinajstić information content (AvgIpc) is 3.21. The van der Waals surface area contributed by atoms with E-state index in [1.807, 2.05) is 44.2 Å². The zero-order valence-corrected chi connectivity index (χ0v) is 18.4. The van der Waals surface area contributed by atoms with Gasteiger partial charge in [0.25, 0.3) is 0 Å². The molecule has 0 heterocycles. The number of aryl methyl sites for hydroxylation is 3. The van der Waals surface area contributed by atoms with E-state index in [1.165, 1.54) is 5.56 Å². The first-order valence-electron chi connectivity index (χ1n) is 10.4. The lowest BCUT2D eigenvalue weighted by Crippen LogP contribution is -2.53. The molecule has 1 aliphatic carbocycles. The van der Waals surface area contributed by atoms with Gasteiger partial charge < -0.3 is 5.32 Å². The third-order valence-electron chi connectivity index (χ3n) is 6.06. The van der Waals surface area contributed by atoms with Crippen LogP contribution in [0.1, 0.15) is 55.7 Å². The molecule has 0 spiro atoms. The Hall–Kier alpha value is -2.14. The number of amides is 1. The van der Waals surface area contributed by atoms with Crippen LogP contribution in [-0.4, -0.2) is 25.1 Å². The van der Waals surface area contributed by atoms with E-state index < -0.39 is 14.6 Å². The fourth-order valence-electron chi connectivity index (χ4n) is 4.23. The SMILES string of the molecule is Cc1ccc(C)c(S(=O)(=O)C2(C(=O)NC(C)CCc3ccccc3)CCCC2)c1. The topological polar surface area (TPSA) is 63.2 Å². The third kappa shape index (κ3) is 4.40. The summed E-state index contributed by atoms with van der Waals surface area (Å²) in [4.78, 5) is 13.6. The maximum Gasteiger partial charge on any atom is 0.242 e. The first-order valence-corrected chi connectivity index (χ1v) is 11.9. The highest BCUT2D eigenvalue weighted by Gasteiger charge is 2.53. The first-order chi connectivity index (χ1) is 13.8. The summed E-state index contributed by atoms with van der Waals surface area (Å²) in [6, 6.07) is 15.5. The maximum atomic E-state index is 13.7. The molecular weight excluding hydrogens is 382 g/mol. The highest BCUT2D eigenvalue weighted by Crippen LogP contribution is 2.42. The number of rotatable bonds is 7. The second-order valence-corrected chi connectivity index (χ2v) is 10.6. The Morgan fingerprint density at radius 3 is 2.38 bits per heavy atom. The van der Waals surface area contributed by atoms with Crippen LogP contribution in [0, 0.1) is 13.8 Å². The fraction of sp³-hybridized carbons (Fsp3) is 0.458. The molecule has 1 amide bonds. The molecule has 4 nitrogen and oxygen atoms in total. The molecule has 1 aliphatic rings. The van der Waals surface area contributed by atoms with Crippen LogP contribution in [0.2, 0.25) is 0 Å². The van der Waals surface area contributed by atoms with E-state index in [9.17, 15) is 13.2 Å². The lowest BCUT2D eigenvalue weighted by Gasteiger charge is -2.30. The van der Waals surface area contributed by atoms with E-state index in [0.29, 0.717) is 23.3 Å². The van der Waals surface area contributed by atoms with Crippen molar-refractivity contribution in [2.45, 2.75) is 75.0 Å². The van der Waals surface area contributed by atoms with Gasteiger partial charge in [-0.1, -0.05) is 55.3 Å². The minimum absolute atomic E-state index is 0.0889. The molecule has 0 saturated heterocycles. The summed E-state index contributed by atoms with van der Waals surface area (Å²) in [5.41, 5.74) is 2.80. The van der Waals surface area contributed by atoms with E-state index in [1.54, 1.807) is 13.0 Å². The number of benzene rings is 2. The summed E-state index contributed by atoms with van der Waals surface area (Å²) >= 11 is 0. The maximum absolute atomic E-state index is 13.7. The Morgan fingerprint density at radius 2 is 1.72 bits per heavy atom. The highest BCUT2D eigenvalue weighted by atomic mass is 32.2. The van der Waals surface area contributed by atoms with Gasteiger partial charge in [-0.3, -0.25) is 4.79 Å². The number of sulfone groups is 1. The number of carbonyl (C=O) groups excluding carboxylic acids is 1. The van der Waals surface area contributed by atoms with Gasteiger partial charge in [-0.15, -0.1) is 0 Å². The van der Waals surface area contributed by atoms with Crippen molar-refractivity contribution >= 4 is 15.7 Å². The van der Waals surface area contributed by atoms with Crippen LogP contribution in [0.25, 0.3) is 0 Å². The van der Waals surface area contributed by atoms with Crippen molar-refractivity contribution < 1.29 is 13.2 Å². The molecule has 1 atom stereocenters. The molecule has 2 aromatic carbocycles. The zero-order valence-electron chi connectivity index (χ0n) is 17.6. The van der Waals surface area contributed by atoms with Crippen LogP contribution in [0.4, 0.5) is 0 Å². The standard InChI is InChI=1S/C24H31NO3S/c1-18-11-12-19(2)22(17-18)29(27,28)24(15-7-8-16-24)23(26)25-20(3)13-14-21-9-5-4-6-10-21/h4-6,9-12,17,20H,7-8,13-16H2,1-3H3,(H,25,26). The molecule has 1 N–H and O–H groups in total. The van der Waals surface area contributed by atoms with E-state index in [2.05, 4.69) is 17.4 Å². The van der Waals surface area contributed by atoms with E-state index >= 15 is 0 Å². The molecule has 0 aromatic heterocycles. The average molecular weight is 414 g/mol. The van der Waals surface area contributed by atoms with Crippen molar-refractivity contribution in [3.8, 4) is 0 Å². The zero-order chi connectivity index (χ0) is 21.1. The molecule has 156 valence electrons. The van der Waals surface area contributed by atoms with Crippen molar-refractivity contribution in [1.29, 1.82) is 0 Å². The minimum Gasteiger partial charge on any atom is -0.352 e. The second-order valence-electron chi connectivity index (χ2n) is 8.37. The minimum atomic E-state index is -3.78. The normalized spacial score (nSPS) is 17.1. The number of hydrogen-bond donors (Lipinski definition) is 1. The Balaban J connectivity index is 1.80. The monoisotopic (exact) mass is 413 g/mol. The highest BCUT2D eigenvalue weighted by molar-refractivity contribution is 7.93. The molecule has 1 unspecified atom stereocenters. The van der Waals surface area contributed by atoms with Gasteiger partial charge in [-0.05, 0) is 69.2 Å². The Morgan fingerprint density at radius 1 is 1.07 bits per heavy atom. The molecule has 2 aromatic rings. The Kier molecular flexibility index (Phi) is 6.47. The summed E-state index contributed by atoms with van der Waals surface area (Å²) in [6.07, 6.45) is 3.92. The van der Waals surface area contributed by atoms with Crippen LogP contribution in [0.5, 0.6) is 0 Å². The molecule has 1 saturated carbocycles. The smallest absolute Gasteiger partial charge is 0.242 e. The first kappa shape index (κ1) is 21.6. The molecule has 29 heavy (non-hydrogen) atoms. The van der Waals surface area contributed by atoms with Crippen LogP contribution in [0.3, 0.4) is 0 Å². The predicted molar refractivity (Wildman–Crippen MR) is 117 cm³/mol. The van der Waals surface area contributed by atoms with Gasteiger partial charge in [0, 0.05) is 6.04 Å². The molecule has 3 rings (SSSR count). The third-order valence-corrected chi connectivity index (χ3v) is 8.70. The lowest BCUT2D eigenvalue weighted by molar-refractivity contribution is -0.124. The largest absolute Gasteiger partial charge is 0.352 e. The van der Waals surface area contributed by atoms with Crippen LogP contribution < -0.4 is 5.32 Å². The summed E-state index contributed by atoms with van der Waals surface area (Å²) < 4.78 is 26.0. The predicted octanol–water partition coefficient (Wildman–Crippen LogP) is 4.53. The summed E-state index contributed by atoms with van der Waals surface area (Å²) in [7, 11) is -3.78. The summed E-state index contributed by atoms with van der Waals surface area (Å²) in [5, 5.41) is 3.02. The quantitative estimate of drug-likeness (QED) is 0.725. The number of hydrogen-bond acceptors (Lipinski definition) is 3. The van der Waals surface area contributed by atoms with Gasteiger partial charge in [0.2, 0.25) is 5.91 Å². The Bertz CT molecular complexity index is 961. The van der Waals surface area contributed by atoms with E-state index in [0.717, 1.165) is 31.2 Å². The lowest BCUT2D eigenvalue weighted by atomic mass is 10.0. The molecular formula is C24H31NO3S. The second kappa shape index (κ2) is 8.70. The summed E-state index contributed by atoms with van der Waals surface area (Å²) in [6.45, 7) is 5.63. The van der Waals surface area contributed by atoms with Crippen molar-refractivity contribution in [3.63, 3.8) is 0 Å².